The molecule has 4 aromatic rings. The molecular weight excluding hydrogens is 595 g/mol. The van der Waals surface area contributed by atoms with Crippen LogP contribution in [-0.2, 0) is 37.4 Å². The summed E-state index contributed by atoms with van der Waals surface area (Å²) in [6.45, 7) is 1.43. The fourth-order valence-corrected chi connectivity index (χ4v) is 6.28. The van der Waals surface area contributed by atoms with Gasteiger partial charge < -0.3 is 9.15 Å². The Kier molecular flexibility index (Phi) is 8.63. The van der Waals surface area contributed by atoms with Crippen LogP contribution in [0.3, 0.4) is 0 Å². The van der Waals surface area contributed by atoms with E-state index < -0.39 is 27.7 Å². The lowest BCUT2D eigenvalue weighted by Crippen LogP contribution is -2.30. The number of benzene rings is 3. The zero-order valence-corrected chi connectivity index (χ0v) is 24.7. The van der Waals surface area contributed by atoms with E-state index in [0.717, 1.165) is 4.90 Å². The van der Waals surface area contributed by atoms with Gasteiger partial charge in [0.05, 0.1) is 35.4 Å². The van der Waals surface area contributed by atoms with Crippen LogP contribution < -0.4 is 4.90 Å². The highest BCUT2D eigenvalue weighted by molar-refractivity contribution is 7.89. The smallest absolute Gasteiger partial charge is 0.340 e. The Morgan fingerprint density at radius 1 is 0.977 bits per heavy atom. The predicted molar refractivity (Wildman–Crippen MR) is 160 cm³/mol. The largest absolute Gasteiger partial charge is 0.465 e. The van der Waals surface area contributed by atoms with Gasteiger partial charge in [-0.25, -0.2) is 17.6 Å². The van der Waals surface area contributed by atoms with Crippen molar-refractivity contribution in [2.75, 3.05) is 12.0 Å². The van der Waals surface area contributed by atoms with E-state index in [4.69, 9.17) is 20.8 Å². The normalized spacial score (nSPS) is 14.7. The van der Waals surface area contributed by atoms with E-state index in [-0.39, 0.29) is 52.0 Å². The van der Waals surface area contributed by atoms with Gasteiger partial charge in [-0.2, -0.15) is 4.31 Å². The summed E-state index contributed by atoms with van der Waals surface area (Å²) in [6, 6.07) is 23.7. The van der Waals surface area contributed by atoms with Gasteiger partial charge in [-0.15, -0.1) is 0 Å². The number of para-hydroxylation sites is 1. The third kappa shape index (κ3) is 6.17. The molecule has 1 aliphatic rings. The van der Waals surface area contributed by atoms with Crippen molar-refractivity contribution >= 4 is 45.3 Å². The first-order valence-corrected chi connectivity index (χ1v) is 14.9. The SMILES string of the molecule is COC(=O)C1=C(C)N(c2ccccc2F)C(=O)/C1=C/c1ccc(CN(Cc2ccc(Cl)cc2)S(=O)(=O)c2ccccc2)o1. The number of carbonyl (C=O) groups excluding carboxylic acids is 2. The van der Waals surface area contributed by atoms with Crippen LogP contribution >= 0.6 is 11.6 Å². The number of halogens is 2. The number of allylic oxidation sites excluding steroid dienone is 1. The Hall–Kier alpha value is -4.51. The van der Waals surface area contributed by atoms with Gasteiger partial charge in [-0.3, -0.25) is 9.69 Å². The molecule has 2 heterocycles. The maximum absolute atomic E-state index is 14.6. The molecule has 43 heavy (non-hydrogen) atoms. The molecule has 0 fully saturated rings. The molecule has 0 bridgehead atoms. The molecule has 0 radical (unpaired) electrons. The summed E-state index contributed by atoms with van der Waals surface area (Å²) in [5, 5.41) is 0.524. The number of amides is 1. The molecule has 8 nitrogen and oxygen atoms in total. The van der Waals surface area contributed by atoms with Crippen molar-refractivity contribution in [2.24, 2.45) is 0 Å². The average molecular weight is 621 g/mol. The maximum atomic E-state index is 14.6. The number of ether oxygens (including phenoxy) is 1. The number of anilines is 1. The van der Waals surface area contributed by atoms with Crippen molar-refractivity contribution in [3.8, 4) is 0 Å². The van der Waals surface area contributed by atoms with Crippen LogP contribution in [0.4, 0.5) is 10.1 Å². The van der Waals surface area contributed by atoms with Crippen molar-refractivity contribution in [3.05, 3.63) is 136 Å². The molecule has 0 atom stereocenters. The lowest BCUT2D eigenvalue weighted by atomic mass is 10.1. The molecule has 5 rings (SSSR count). The van der Waals surface area contributed by atoms with Crippen LogP contribution in [0.5, 0.6) is 0 Å². The van der Waals surface area contributed by atoms with Crippen LogP contribution in [0.25, 0.3) is 6.08 Å². The summed E-state index contributed by atoms with van der Waals surface area (Å²) in [7, 11) is -2.76. The van der Waals surface area contributed by atoms with E-state index in [1.807, 2.05) is 0 Å². The second-order valence-corrected chi connectivity index (χ2v) is 12.0. The molecule has 220 valence electrons. The fraction of sp³-hybridized carbons (Fsp3) is 0.125. The highest BCUT2D eigenvalue weighted by atomic mass is 35.5. The zero-order valence-electron chi connectivity index (χ0n) is 23.2. The molecule has 1 aromatic heterocycles. The van der Waals surface area contributed by atoms with Gasteiger partial charge in [0.15, 0.2) is 0 Å². The van der Waals surface area contributed by atoms with Gasteiger partial charge in [-0.05, 0) is 67.1 Å². The van der Waals surface area contributed by atoms with E-state index in [0.29, 0.717) is 10.6 Å². The Morgan fingerprint density at radius 3 is 2.33 bits per heavy atom. The fourth-order valence-electron chi connectivity index (χ4n) is 4.74. The standard InChI is InChI=1S/C32H26ClFN2O6S/c1-21-30(32(38)41-2)27(31(37)36(21)29-11-7-6-10-28(29)34)18-24-16-17-25(42-24)20-35(19-22-12-14-23(33)15-13-22)43(39,40)26-8-4-3-5-9-26/h3-18H,19-20H2,1-2H3/b27-18+. The van der Waals surface area contributed by atoms with E-state index in [2.05, 4.69) is 0 Å². The van der Waals surface area contributed by atoms with Crippen molar-refractivity contribution < 1.29 is 31.6 Å². The van der Waals surface area contributed by atoms with Crippen LogP contribution in [0.15, 0.2) is 117 Å². The molecule has 0 saturated carbocycles. The zero-order chi connectivity index (χ0) is 30.7. The molecule has 0 unspecified atom stereocenters. The molecule has 1 amide bonds. The number of furan rings is 1. The number of sulfonamides is 1. The predicted octanol–water partition coefficient (Wildman–Crippen LogP) is 6.34. The third-order valence-electron chi connectivity index (χ3n) is 6.84. The summed E-state index contributed by atoms with van der Waals surface area (Å²) >= 11 is 6.02. The van der Waals surface area contributed by atoms with Crippen LogP contribution in [0, 0.1) is 5.82 Å². The number of rotatable bonds is 9. The molecule has 0 N–H and O–H groups in total. The minimum atomic E-state index is -3.94. The van der Waals surface area contributed by atoms with Crippen molar-refractivity contribution in [1.82, 2.24) is 4.31 Å². The van der Waals surface area contributed by atoms with Gasteiger partial charge >= 0.3 is 5.97 Å². The Labute approximate surface area is 253 Å². The van der Waals surface area contributed by atoms with Crippen LogP contribution in [0.2, 0.25) is 5.02 Å². The monoisotopic (exact) mass is 620 g/mol. The average Bonchev–Trinajstić information content (AvgIpc) is 3.55. The van der Waals surface area contributed by atoms with Crippen LogP contribution in [0.1, 0.15) is 24.0 Å². The Bertz CT molecular complexity index is 1850. The van der Waals surface area contributed by atoms with Gasteiger partial charge in [0.25, 0.3) is 5.91 Å². The van der Waals surface area contributed by atoms with Crippen LogP contribution in [-0.4, -0.2) is 31.7 Å². The van der Waals surface area contributed by atoms with Crippen molar-refractivity contribution in [3.63, 3.8) is 0 Å². The molecule has 0 saturated heterocycles. The Morgan fingerprint density at radius 2 is 1.65 bits per heavy atom. The first-order chi connectivity index (χ1) is 20.6. The summed E-state index contributed by atoms with van der Waals surface area (Å²) in [5.41, 5.74) is 0.807. The Balaban J connectivity index is 1.49. The first kappa shape index (κ1) is 30.0. The minimum absolute atomic E-state index is 0.0149. The number of hydrogen-bond acceptors (Lipinski definition) is 6. The molecule has 3 aromatic carbocycles. The summed E-state index contributed by atoms with van der Waals surface area (Å²) in [4.78, 5) is 27.4. The highest BCUT2D eigenvalue weighted by Crippen LogP contribution is 2.36. The van der Waals surface area contributed by atoms with Crippen molar-refractivity contribution in [1.29, 1.82) is 0 Å². The molecule has 1 aliphatic heterocycles. The number of nitrogens with zero attached hydrogens (tertiary/aromatic N) is 2. The summed E-state index contributed by atoms with van der Waals surface area (Å²) in [5.74, 6) is -1.58. The van der Waals surface area contributed by atoms with Crippen molar-refractivity contribution in [2.45, 2.75) is 24.9 Å². The van der Waals surface area contributed by atoms with E-state index >= 15 is 0 Å². The minimum Gasteiger partial charge on any atom is -0.465 e. The topological polar surface area (TPSA) is 97.1 Å². The molecule has 0 spiro atoms. The number of methoxy groups -OCH3 is 1. The van der Waals surface area contributed by atoms with E-state index in [1.165, 1.54) is 54.7 Å². The van der Waals surface area contributed by atoms with Gasteiger partial charge in [0.1, 0.15) is 17.3 Å². The van der Waals surface area contributed by atoms with Gasteiger partial charge in [0.2, 0.25) is 10.0 Å². The van der Waals surface area contributed by atoms with E-state index in [9.17, 15) is 22.4 Å². The maximum Gasteiger partial charge on any atom is 0.340 e. The molecule has 11 heteroatoms. The lowest BCUT2D eigenvalue weighted by molar-refractivity contribution is -0.136. The number of hydrogen-bond donors (Lipinski definition) is 0. The van der Waals surface area contributed by atoms with E-state index in [1.54, 1.807) is 60.7 Å². The number of esters is 1. The van der Waals surface area contributed by atoms with Gasteiger partial charge in [-0.1, -0.05) is 54.1 Å². The first-order valence-electron chi connectivity index (χ1n) is 13.1. The quantitative estimate of drug-likeness (QED) is 0.160. The summed E-state index contributed by atoms with van der Waals surface area (Å²) < 4.78 is 54.0. The second-order valence-electron chi connectivity index (χ2n) is 9.62. The molecular formula is C32H26ClFN2O6S. The van der Waals surface area contributed by atoms with Gasteiger partial charge in [0, 0.05) is 17.3 Å². The molecule has 0 aliphatic carbocycles. The lowest BCUT2D eigenvalue weighted by Gasteiger charge is -2.21. The highest BCUT2D eigenvalue weighted by Gasteiger charge is 2.39. The number of carbonyl (C=O) groups is 2. The second kappa shape index (κ2) is 12.4. The third-order valence-corrected chi connectivity index (χ3v) is 8.90. The summed E-state index contributed by atoms with van der Waals surface area (Å²) in [6.07, 6.45) is 1.36.